The van der Waals surface area contributed by atoms with Crippen molar-refractivity contribution >= 4 is 28.5 Å². The monoisotopic (exact) mass is 450 g/mol. The molecule has 3 aromatic rings. The summed E-state index contributed by atoms with van der Waals surface area (Å²) in [4.78, 5) is 31.9. The number of ether oxygens (including phenoxy) is 1. The van der Waals surface area contributed by atoms with Crippen molar-refractivity contribution < 1.29 is 14.3 Å². The fourth-order valence-corrected chi connectivity index (χ4v) is 4.13. The van der Waals surface area contributed by atoms with E-state index >= 15 is 0 Å². The molecule has 33 heavy (non-hydrogen) atoms. The molecule has 1 aromatic heterocycles. The largest absolute Gasteiger partial charge is 0.375 e. The molecule has 9 nitrogen and oxygen atoms in total. The Hall–Kier alpha value is -3.27. The van der Waals surface area contributed by atoms with E-state index in [0.717, 1.165) is 24.9 Å². The molecular weight excluding hydrogens is 420 g/mol. The third-order valence-corrected chi connectivity index (χ3v) is 5.75. The number of aryl methyl sites for hydroxylation is 2. The molecule has 2 amide bonds. The Morgan fingerprint density at radius 1 is 1.27 bits per heavy atom. The van der Waals surface area contributed by atoms with Crippen LogP contribution in [0.15, 0.2) is 48.8 Å². The smallest absolute Gasteiger partial charge is 0.255 e. The number of hydrazine groups is 1. The molecule has 1 unspecified atom stereocenters. The van der Waals surface area contributed by atoms with E-state index in [1.807, 2.05) is 22.8 Å². The van der Waals surface area contributed by atoms with E-state index in [-0.39, 0.29) is 24.5 Å². The van der Waals surface area contributed by atoms with E-state index in [9.17, 15) is 9.59 Å². The quantitative estimate of drug-likeness (QED) is 0.460. The van der Waals surface area contributed by atoms with Crippen molar-refractivity contribution in [1.29, 1.82) is 0 Å². The predicted molar refractivity (Wildman–Crippen MR) is 127 cm³/mol. The molecule has 9 heteroatoms. The van der Waals surface area contributed by atoms with E-state index in [4.69, 9.17) is 4.74 Å². The van der Waals surface area contributed by atoms with Crippen LogP contribution in [-0.2, 0) is 22.5 Å². The van der Waals surface area contributed by atoms with Gasteiger partial charge in [-0.2, -0.15) is 0 Å². The van der Waals surface area contributed by atoms with Crippen LogP contribution in [0.4, 0.5) is 5.69 Å². The topological polar surface area (TPSA) is 101 Å². The molecule has 3 N–H and O–H groups in total. The molecule has 1 atom stereocenters. The van der Waals surface area contributed by atoms with Crippen LogP contribution in [0.5, 0.6) is 0 Å². The Morgan fingerprint density at radius 3 is 2.82 bits per heavy atom. The van der Waals surface area contributed by atoms with E-state index in [1.54, 1.807) is 30.4 Å². The molecule has 174 valence electrons. The van der Waals surface area contributed by atoms with Gasteiger partial charge in [-0.1, -0.05) is 30.3 Å². The highest BCUT2D eigenvalue weighted by atomic mass is 16.5. The van der Waals surface area contributed by atoms with Gasteiger partial charge in [-0.05, 0) is 30.5 Å². The molecule has 0 bridgehead atoms. The SMILES string of the molecule is COCC(=O)Nc1cc(C(=O)N(C)CC2CCNN2)c2c(c1)ncn2CCc1ccccc1. The summed E-state index contributed by atoms with van der Waals surface area (Å²) in [6, 6.07) is 13.9. The van der Waals surface area contributed by atoms with Crippen LogP contribution < -0.4 is 16.2 Å². The van der Waals surface area contributed by atoms with Crippen molar-refractivity contribution in [2.24, 2.45) is 0 Å². The van der Waals surface area contributed by atoms with Gasteiger partial charge in [0.05, 0.1) is 22.9 Å². The first-order valence-electron chi connectivity index (χ1n) is 11.1. The zero-order valence-electron chi connectivity index (χ0n) is 19.0. The van der Waals surface area contributed by atoms with Crippen molar-refractivity contribution in [1.82, 2.24) is 25.3 Å². The second-order valence-corrected chi connectivity index (χ2v) is 8.29. The molecular formula is C24H30N6O3. The minimum atomic E-state index is -0.284. The van der Waals surface area contributed by atoms with Crippen molar-refractivity contribution in [3.63, 3.8) is 0 Å². The Morgan fingerprint density at radius 2 is 2.09 bits per heavy atom. The first-order valence-corrected chi connectivity index (χ1v) is 11.1. The van der Waals surface area contributed by atoms with Gasteiger partial charge in [0.25, 0.3) is 5.91 Å². The number of methoxy groups -OCH3 is 1. The van der Waals surface area contributed by atoms with Crippen molar-refractivity contribution in [2.75, 3.05) is 39.2 Å². The maximum Gasteiger partial charge on any atom is 0.255 e. The number of carbonyl (C=O) groups excluding carboxylic acids is 2. The maximum absolute atomic E-state index is 13.5. The molecule has 1 aliphatic rings. The normalized spacial score (nSPS) is 15.6. The molecule has 0 aliphatic carbocycles. The summed E-state index contributed by atoms with van der Waals surface area (Å²) in [5.74, 6) is -0.397. The minimum Gasteiger partial charge on any atom is -0.375 e. The lowest BCUT2D eigenvalue weighted by atomic mass is 10.1. The first kappa shape index (κ1) is 22.9. The van der Waals surface area contributed by atoms with Gasteiger partial charge in [-0.25, -0.2) is 4.98 Å². The maximum atomic E-state index is 13.5. The average molecular weight is 451 g/mol. The predicted octanol–water partition coefficient (Wildman–Crippen LogP) is 1.80. The molecule has 0 saturated carbocycles. The Kier molecular flexibility index (Phi) is 7.33. The zero-order valence-corrected chi connectivity index (χ0v) is 19.0. The number of aromatic nitrogens is 2. The number of imidazole rings is 1. The van der Waals surface area contributed by atoms with Crippen LogP contribution in [0.1, 0.15) is 22.3 Å². The van der Waals surface area contributed by atoms with Crippen LogP contribution in [0.2, 0.25) is 0 Å². The average Bonchev–Trinajstić information content (AvgIpc) is 3.47. The highest BCUT2D eigenvalue weighted by Crippen LogP contribution is 2.25. The van der Waals surface area contributed by atoms with Crippen molar-refractivity contribution in [3.8, 4) is 0 Å². The molecule has 0 spiro atoms. The standard InChI is InChI=1S/C24H30N6O3/c1-29(14-18-8-10-26-28-18)24(32)20-12-19(27-22(31)15-33-2)13-21-23(20)30(16-25-21)11-9-17-6-4-3-5-7-17/h3-7,12-13,16,18,26,28H,8-11,14-15H2,1-2H3,(H,27,31). The molecule has 4 rings (SSSR count). The third-order valence-electron chi connectivity index (χ3n) is 5.75. The van der Waals surface area contributed by atoms with Crippen LogP contribution in [0, 0.1) is 0 Å². The lowest BCUT2D eigenvalue weighted by Crippen LogP contribution is -2.41. The highest BCUT2D eigenvalue weighted by molar-refractivity contribution is 6.07. The number of carbonyl (C=O) groups is 2. The fourth-order valence-electron chi connectivity index (χ4n) is 4.13. The second-order valence-electron chi connectivity index (χ2n) is 8.29. The second kappa shape index (κ2) is 10.6. The fraction of sp³-hybridized carbons (Fsp3) is 0.375. The van der Waals surface area contributed by atoms with E-state index in [1.165, 1.54) is 12.7 Å². The Balaban J connectivity index is 1.65. The van der Waals surface area contributed by atoms with Crippen molar-refractivity contribution in [3.05, 3.63) is 59.9 Å². The van der Waals surface area contributed by atoms with Gasteiger partial charge in [0, 0.05) is 45.5 Å². The van der Waals surface area contributed by atoms with Crippen molar-refractivity contribution in [2.45, 2.75) is 25.4 Å². The summed E-state index contributed by atoms with van der Waals surface area (Å²) in [6.07, 6.45) is 3.53. The molecule has 1 fully saturated rings. The summed E-state index contributed by atoms with van der Waals surface area (Å²) in [5, 5.41) is 2.80. The number of nitrogens with one attached hydrogen (secondary N) is 3. The summed E-state index contributed by atoms with van der Waals surface area (Å²) in [6.45, 7) is 2.08. The minimum absolute atomic E-state index is 0.0624. The van der Waals surface area contributed by atoms with E-state index in [2.05, 4.69) is 33.3 Å². The number of likely N-dealkylation sites (N-methyl/N-ethyl adjacent to an activating group) is 1. The molecule has 2 heterocycles. The van der Waals surface area contributed by atoms with Crippen LogP contribution >= 0.6 is 0 Å². The number of hydrogen-bond acceptors (Lipinski definition) is 6. The summed E-state index contributed by atoms with van der Waals surface area (Å²) < 4.78 is 6.93. The van der Waals surface area contributed by atoms with Gasteiger partial charge in [0.2, 0.25) is 5.91 Å². The molecule has 1 saturated heterocycles. The summed E-state index contributed by atoms with van der Waals surface area (Å²) in [7, 11) is 3.27. The first-order chi connectivity index (χ1) is 16.0. The Bertz CT molecular complexity index is 1110. The van der Waals surface area contributed by atoms with Crippen LogP contribution in [0.25, 0.3) is 11.0 Å². The molecule has 2 aromatic carbocycles. The molecule has 1 aliphatic heterocycles. The summed E-state index contributed by atoms with van der Waals surface area (Å²) >= 11 is 0. The lowest BCUT2D eigenvalue weighted by molar-refractivity contribution is -0.119. The number of nitrogens with zero attached hydrogens (tertiary/aromatic N) is 3. The number of benzene rings is 2. The number of fused-ring (bicyclic) bond motifs is 1. The lowest BCUT2D eigenvalue weighted by Gasteiger charge is -2.22. The number of hydrogen-bond donors (Lipinski definition) is 3. The van der Waals surface area contributed by atoms with Gasteiger partial charge in [-0.3, -0.25) is 20.4 Å². The highest BCUT2D eigenvalue weighted by Gasteiger charge is 2.23. The van der Waals surface area contributed by atoms with Gasteiger partial charge in [-0.15, -0.1) is 0 Å². The van der Waals surface area contributed by atoms with Gasteiger partial charge >= 0.3 is 0 Å². The number of rotatable bonds is 9. The van der Waals surface area contributed by atoms with E-state index in [0.29, 0.717) is 29.9 Å². The zero-order chi connectivity index (χ0) is 23.2. The molecule has 0 radical (unpaired) electrons. The third kappa shape index (κ3) is 5.57. The van der Waals surface area contributed by atoms with Gasteiger partial charge in [0.15, 0.2) is 0 Å². The van der Waals surface area contributed by atoms with Crippen LogP contribution in [0.3, 0.4) is 0 Å². The number of amides is 2. The number of anilines is 1. The summed E-state index contributed by atoms with van der Waals surface area (Å²) in [5.41, 5.74) is 9.98. The van der Waals surface area contributed by atoms with Gasteiger partial charge < -0.3 is 19.5 Å². The Labute approximate surface area is 193 Å². The van der Waals surface area contributed by atoms with E-state index < -0.39 is 0 Å². The van der Waals surface area contributed by atoms with Crippen LogP contribution in [-0.4, -0.2) is 66.2 Å². The van der Waals surface area contributed by atoms with Gasteiger partial charge in [0.1, 0.15) is 6.61 Å².